The topological polar surface area (TPSA) is 56.8 Å². The summed E-state index contributed by atoms with van der Waals surface area (Å²) in [5.74, 6) is -1.24. The molecule has 1 aliphatic rings. The van der Waals surface area contributed by atoms with E-state index in [0.717, 1.165) is 0 Å². The van der Waals surface area contributed by atoms with Crippen molar-refractivity contribution < 1.29 is 32.2 Å². The van der Waals surface area contributed by atoms with E-state index in [-0.39, 0.29) is 26.2 Å². The summed E-state index contributed by atoms with van der Waals surface area (Å²) >= 11 is 0. The molecule has 8 heteroatoms. The summed E-state index contributed by atoms with van der Waals surface area (Å²) in [6, 6.07) is 0. The summed E-state index contributed by atoms with van der Waals surface area (Å²) < 4.78 is 53.3. The Morgan fingerprint density at radius 2 is 1.95 bits per heavy atom. The molecule has 1 heterocycles. The van der Waals surface area contributed by atoms with E-state index in [9.17, 15) is 18.0 Å². The molecule has 0 bridgehead atoms. The minimum Gasteiger partial charge on any atom is -0.463 e. The summed E-state index contributed by atoms with van der Waals surface area (Å²) in [4.78, 5) is 11.6. The lowest BCUT2D eigenvalue weighted by Crippen LogP contribution is -2.48. The van der Waals surface area contributed by atoms with Crippen molar-refractivity contribution in [2.75, 3.05) is 46.6 Å². The SMILES string of the molecule is COCCOCCOC(=O)C1(C(F)(F)F)CCNC1. The van der Waals surface area contributed by atoms with Gasteiger partial charge in [0.05, 0.1) is 19.8 Å². The molecule has 0 amide bonds. The van der Waals surface area contributed by atoms with Gasteiger partial charge in [0.25, 0.3) is 0 Å². The molecule has 1 aliphatic heterocycles. The van der Waals surface area contributed by atoms with E-state index in [2.05, 4.69) is 10.1 Å². The van der Waals surface area contributed by atoms with Crippen molar-refractivity contribution in [1.82, 2.24) is 5.32 Å². The van der Waals surface area contributed by atoms with Crippen LogP contribution in [0.4, 0.5) is 13.2 Å². The molecule has 5 nitrogen and oxygen atoms in total. The summed E-state index contributed by atoms with van der Waals surface area (Å²) in [5, 5.41) is 2.55. The van der Waals surface area contributed by atoms with Crippen LogP contribution in [0, 0.1) is 5.41 Å². The van der Waals surface area contributed by atoms with Gasteiger partial charge in [-0.1, -0.05) is 0 Å². The highest BCUT2D eigenvalue weighted by molar-refractivity contribution is 5.78. The maximum Gasteiger partial charge on any atom is 0.406 e. The van der Waals surface area contributed by atoms with Gasteiger partial charge >= 0.3 is 12.1 Å². The van der Waals surface area contributed by atoms with Crippen LogP contribution in [0.5, 0.6) is 0 Å². The lowest BCUT2D eigenvalue weighted by molar-refractivity contribution is -0.229. The van der Waals surface area contributed by atoms with Crippen LogP contribution in [-0.2, 0) is 19.0 Å². The number of ether oxygens (including phenoxy) is 3. The van der Waals surface area contributed by atoms with Crippen molar-refractivity contribution in [3.8, 4) is 0 Å². The van der Waals surface area contributed by atoms with Crippen molar-refractivity contribution in [3.05, 3.63) is 0 Å². The first-order chi connectivity index (χ1) is 8.94. The first-order valence-electron chi connectivity index (χ1n) is 5.95. The zero-order valence-corrected chi connectivity index (χ0v) is 10.7. The second-order valence-electron chi connectivity index (χ2n) is 4.25. The number of rotatable bonds is 7. The number of halogens is 3. The van der Waals surface area contributed by atoms with Gasteiger partial charge in [-0.15, -0.1) is 0 Å². The summed E-state index contributed by atoms with van der Waals surface area (Å²) in [5.41, 5.74) is -2.42. The van der Waals surface area contributed by atoms with Crippen LogP contribution in [0.15, 0.2) is 0 Å². The van der Waals surface area contributed by atoms with E-state index in [0.29, 0.717) is 13.2 Å². The summed E-state index contributed by atoms with van der Waals surface area (Å²) in [7, 11) is 1.50. The Bertz CT molecular complexity index is 290. The first-order valence-corrected chi connectivity index (χ1v) is 5.95. The van der Waals surface area contributed by atoms with Crippen LogP contribution in [0.2, 0.25) is 0 Å². The number of carbonyl (C=O) groups is 1. The second kappa shape index (κ2) is 7.06. The Balaban J connectivity index is 2.38. The molecule has 0 aromatic rings. The van der Waals surface area contributed by atoms with Crippen LogP contribution >= 0.6 is 0 Å². The molecule has 1 N–H and O–H groups in total. The number of alkyl halides is 3. The molecule has 1 saturated heterocycles. The highest BCUT2D eigenvalue weighted by atomic mass is 19.4. The molecule has 112 valence electrons. The van der Waals surface area contributed by atoms with Gasteiger partial charge in [0.1, 0.15) is 6.61 Å². The zero-order chi connectivity index (χ0) is 14.4. The Labute approximate surface area is 109 Å². The predicted octanol–water partition coefficient (Wildman–Crippen LogP) is 0.735. The maximum absolute atomic E-state index is 13.0. The monoisotopic (exact) mass is 285 g/mol. The molecular weight excluding hydrogens is 267 g/mol. The Kier molecular flexibility index (Phi) is 6.02. The summed E-state index contributed by atoms with van der Waals surface area (Å²) in [6.45, 7) is 0.264. The van der Waals surface area contributed by atoms with Gasteiger partial charge in [0, 0.05) is 13.7 Å². The number of hydrogen-bond acceptors (Lipinski definition) is 5. The molecule has 1 fully saturated rings. The molecule has 19 heavy (non-hydrogen) atoms. The summed E-state index contributed by atoms with van der Waals surface area (Å²) in [6.07, 6.45) is -4.90. The Morgan fingerprint density at radius 3 is 2.47 bits per heavy atom. The van der Waals surface area contributed by atoms with Crippen molar-refractivity contribution in [1.29, 1.82) is 0 Å². The van der Waals surface area contributed by atoms with Crippen molar-refractivity contribution >= 4 is 5.97 Å². The van der Waals surface area contributed by atoms with Crippen LogP contribution in [0.25, 0.3) is 0 Å². The quantitative estimate of drug-likeness (QED) is 0.552. The fourth-order valence-corrected chi connectivity index (χ4v) is 1.80. The lowest BCUT2D eigenvalue weighted by atomic mass is 9.86. The largest absolute Gasteiger partial charge is 0.463 e. The lowest BCUT2D eigenvalue weighted by Gasteiger charge is -2.28. The predicted molar refractivity (Wildman–Crippen MR) is 59.6 cm³/mol. The molecule has 1 unspecified atom stereocenters. The van der Waals surface area contributed by atoms with Crippen molar-refractivity contribution in [2.24, 2.45) is 5.41 Å². The highest BCUT2D eigenvalue weighted by Gasteiger charge is 2.62. The van der Waals surface area contributed by atoms with Gasteiger partial charge in [-0.25, -0.2) is 0 Å². The van der Waals surface area contributed by atoms with E-state index in [1.807, 2.05) is 0 Å². The zero-order valence-electron chi connectivity index (χ0n) is 10.7. The highest BCUT2D eigenvalue weighted by Crippen LogP contribution is 2.43. The number of methoxy groups -OCH3 is 1. The molecule has 1 atom stereocenters. The van der Waals surface area contributed by atoms with Gasteiger partial charge in [-0.3, -0.25) is 4.79 Å². The Hall–Kier alpha value is -0.860. The number of hydrogen-bond donors (Lipinski definition) is 1. The van der Waals surface area contributed by atoms with Gasteiger partial charge in [0.2, 0.25) is 0 Å². The molecule has 0 radical (unpaired) electrons. The van der Waals surface area contributed by atoms with Crippen molar-refractivity contribution in [3.63, 3.8) is 0 Å². The molecule has 0 saturated carbocycles. The molecule has 0 spiro atoms. The van der Waals surface area contributed by atoms with E-state index >= 15 is 0 Å². The molecule has 1 rings (SSSR count). The van der Waals surface area contributed by atoms with Crippen LogP contribution in [0.3, 0.4) is 0 Å². The van der Waals surface area contributed by atoms with E-state index in [4.69, 9.17) is 9.47 Å². The van der Waals surface area contributed by atoms with Crippen LogP contribution in [-0.4, -0.2) is 58.8 Å². The third-order valence-electron chi connectivity index (χ3n) is 2.98. The molecular formula is C11H18F3NO4. The smallest absolute Gasteiger partial charge is 0.406 e. The van der Waals surface area contributed by atoms with Gasteiger partial charge in [-0.05, 0) is 13.0 Å². The van der Waals surface area contributed by atoms with Gasteiger partial charge < -0.3 is 19.5 Å². The number of carbonyl (C=O) groups excluding carboxylic acids is 1. The van der Waals surface area contributed by atoms with E-state index < -0.39 is 24.1 Å². The minimum absolute atomic E-state index is 0.0520. The maximum atomic E-state index is 13.0. The van der Waals surface area contributed by atoms with Crippen molar-refractivity contribution in [2.45, 2.75) is 12.6 Å². The number of esters is 1. The van der Waals surface area contributed by atoms with E-state index in [1.165, 1.54) is 7.11 Å². The standard InChI is InChI=1S/C11H18F3NO4/c1-17-4-5-18-6-7-19-9(16)10(11(12,13)14)2-3-15-8-10/h15H,2-8H2,1H3. The molecule has 0 aliphatic carbocycles. The second-order valence-corrected chi connectivity index (χ2v) is 4.25. The molecule has 0 aromatic heterocycles. The average Bonchev–Trinajstić information content (AvgIpc) is 2.83. The third-order valence-corrected chi connectivity index (χ3v) is 2.98. The minimum atomic E-state index is -4.61. The Morgan fingerprint density at radius 1 is 1.26 bits per heavy atom. The average molecular weight is 285 g/mol. The third kappa shape index (κ3) is 4.05. The van der Waals surface area contributed by atoms with Gasteiger partial charge in [0.15, 0.2) is 5.41 Å². The van der Waals surface area contributed by atoms with Gasteiger partial charge in [-0.2, -0.15) is 13.2 Å². The molecule has 0 aromatic carbocycles. The fraction of sp³-hybridized carbons (Fsp3) is 0.909. The number of nitrogens with one attached hydrogen (secondary N) is 1. The first kappa shape index (κ1) is 16.2. The fourth-order valence-electron chi connectivity index (χ4n) is 1.80. The van der Waals surface area contributed by atoms with E-state index in [1.54, 1.807) is 0 Å². The normalized spacial score (nSPS) is 23.6. The van der Waals surface area contributed by atoms with Crippen LogP contribution in [0.1, 0.15) is 6.42 Å². The van der Waals surface area contributed by atoms with Crippen LogP contribution < -0.4 is 5.32 Å².